The SMILES string of the molecule is COc1c(Cl)cccc1Nc1c(-c2ccncc2C#C[C@]2(NC(=O)/C=C/CN(C)C)CCOC2)[nH]c2c1C(=O)NCC2. The van der Waals surface area contributed by atoms with E-state index in [1.807, 2.05) is 37.2 Å². The first-order valence-electron chi connectivity index (χ1n) is 13.6. The maximum absolute atomic E-state index is 13.1. The molecule has 2 aliphatic heterocycles. The van der Waals surface area contributed by atoms with E-state index in [4.69, 9.17) is 21.1 Å². The largest absolute Gasteiger partial charge is 0.493 e. The molecule has 1 aromatic carbocycles. The number of ether oxygens (including phenoxy) is 2. The number of methoxy groups -OCH3 is 1. The summed E-state index contributed by atoms with van der Waals surface area (Å²) in [5, 5.41) is 9.81. The van der Waals surface area contributed by atoms with Crippen LogP contribution in [0.5, 0.6) is 5.75 Å². The summed E-state index contributed by atoms with van der Waals surface area (Å²) in [4.78, 5) is 35.5. The molecule has 1 atom stereocenters. The van der Waals surface area contributed by atoms with E-state index in [-0.39, 0.29) is 18.4 Å². The number of para-hydroxylation sites is 1. The highest BCUT2D eigenvalue weighted by Crippen LogP contribution is 2.41. The summed E-state index contributed by atoms with van der Waals surface area (Å²) in [5.41, 5.74) is 3.73. The third kappa shape index (κ3) is 6.29. The van der Waals surface area contributed by atoms with Crippen LogP contribution in [-0.4, -0.2) is 79.7 Å². The van der Waals surface area contributed by atoms with Crippen LogP contribution in [-0.2, 0) is 16.0 Å². The second-order valence-electron chi connectivity index (χ2n) is 10.4. The number of halogens is 1. The number of anilines is 2. The number of carbonyl (C=O) groups is 2. The van der Waals surface area contributed by atoms with Crippen molar-refractivity contribution >= 4 is 34.8 Å². The molecular weight excluding hydrogens is 556 g/mol. The highest BCUT2D eigenvalue weighted by Gasteiger charge is 2.34. The highest BCUT2D eigenvalue weighted by atomic mass is 35.5. The highest BCUT2D eigenvalue weighted by molar-refractivity contribution is 6.32. The second-order valence-corrected chi connectivity index (χ2v) is 10.8. The fourth-order valence-corrected chi connectivity index (χ4v) is 5.25. The Labute approximate surface area is 249 Å². The van der Waals surface area contributed by atoms with Crippen LogP contribution in [0.2, 0.25) is 5.02 Å². The molecule has 5 rings (SSSR count). The third-order valence-corrected chi connectivity index (χ3v) is 7.34. The van der Waals surface area contributed by atoms with E-state index in [9.17, 15) is 9.59 Å². The Morgan fingerprint density at radius 2 is 2.19 bits per heavy atom. The van der Waals surface area contributed by atoms with Crippen molar-refractivity contribution in [3.05, 3.63) is 70.7 Å². The minimum Gasteiger partial charge on any atom is -0.493 e. The third-order valence-electron chi connectivity index (χ3n) is 7.05. The molecule has 0 spiro atoms. The Kier molecular flexibility index (Phi) is 8.83. The molecule has 4 N–H and O–H groups in total. The Morgan fingerprint density at radius 3 is 2.95 bits per heavy atom. The number of likely N-dealkylation sites (N-methyl/N-ethyl adjacent to an activating group) is 1. The van der Waals surface area contributed by atoms with Crippen molar-refractivity contribution in [3.8, 4) is 28.8 Å². The standard InChI is InChI=1S/C31H33ClN6O4/c1-38(2)16-5-8-25(39)37-31(13-17-42-19-31)12-9-20-18-33-14-10-21(20)27-28(26-23(35-27)11-15-34-30(26)40)36-24-7-4-6-22(32)29(24)41-3/h4-8,10,14,18,35-36H,11,13,15-17,19H2,1-3H3,(H,34,40)(H,37,39)/b8-5+/t31-/m0/s1. The van der Waals surface area contributed by atoms with E-state index in [1.165, 1.54) is 6.08 Å². The van der Waals surface area contributed by atoms with Crippen LogP contribution in [0, 0.1) is 11.8 Å². The Hall–Kier alpha value is -4.30. The number of nitrogens with one attached hydrogen (secondary N) is 4. The molecule has 0 radical (unpaired) electrons. The Morgan fingerprint density at radius 1 is 1.33 bits per heavy atom. The van der Waals surface area contributed by atoms with Gasteiger partial charge in [0.05, 0.1) is 53.5 Å². The van der Waals surface area contributed by atoms with Crippen molar-refractivity contribution in [3.63, 3.8) is 0 Å². The maximum atomic E-state index is 13.1. The van der Waals surface area contributed by atoms with Crippen LogP contribution < -0.4 is 20.7 Å². The van der Waals surface area contributed by atoms with Crippen LogP contribution >= 0.6 is 11.6 Å². The molecule has 2 aromatic heterocycles. The zero-order valence-electron chi connectivity index (χ0n) is 23.8. The number of aromatic nitrogens is 2. The molecule has 1 saturated heterocycles. The fourth-order valence-electron chi connectivity index (χ4n) is 5.00. The second kappa shape index (κ2) is 12.7. The molecule has 1 fully saturated rings. The molecular formula is C31H33ClN6O4. The van der Waals surface area contributed by atoms with Gasteiger partial charge in [0.1, 0.15) is 5.54 Å². The average molecular weight is 589 g/mol. The number of fused-ring (bicyclic) bond motifs is 1. The van der Waals surface area contributed by atoms with Gasteiger partial charge in [-0.15, -0.1) is 0 Å². The molecule has 0 saturated carbocycles. The first-order valence-corrected chi connectivity index (χ1v) is 14.0. The van der Waals surface area contributed by atoms with Crippen LogP contribution in [0.3, 0.4) is 0 Å². The molecule has 3 aromatic rings. The van der Waals surface area contributed by atoms with Gasteiger partial charge < -0.3 is 35.3 Å². The van der Waals surface area contributed by atoms with Gasteiger partial charge in [-0.05, 0) is 32.3 Å². The number of carbonyl (C=O) groups excluding carboxylic acids is 2. The molecule has 11 heteroatoms. The van der Waals surface area contributed by atoms with Crippen LogP contribution in [0.4, 0.5) is 11.4 Å². The summed E-state index contributed by atoms with van der Waals surface area (Å²) in [5.74, 6) is 6.58. The molecule has 0 bridgehead atoms. The summed E-state index contributed by atoms with van der Waals surface area (Å²) in [6.07, 6.45) is 7.87. The molecule has 10 nitrogen and oxygen atoms in total. The number of H-pyrrole nitrogens is 1. The first-order chi connectivity index (χ1) is 20.3. The number of amides is 2. The van der Waals surface area contributed by atoms with Gasteiger partial charge in [-0.25, -0.2) is 0 Å². The van der Waals surface area contributed by atoms with E-state index in [0.717, 1.165) is 11.3 Å². The van der Waals surface area contributed by atoms with Crippen molar-refractivity contribution in [2.75, 3.05) is 52.8 Å². The number of hydrogen-bond donors (Lipinski definition) is 4. The van der Waals surface area contributed by atoms with E-state index in [0.29, 0.717) is 71.5 Å². The van der Waals surface area contributed by atoms with Gasteiger partial charge in [-0.1, -0.05) is 35.6 Å². The predicted molar refractivity (Wildman–Crippen MR) is 162 cm³/mol. The van der Waals surface area contributed by atoms with Crippen molar-refractivity contribution in [2.24, 2.45) is 0 Å². The number of benzene rings is 1. The minimum absolute atomic E-state index is 0.184. The van der Waals surface area contributed by atoms with Gasteiger partial charge in [0, 0.05) is 55.7 Å². The van der Waals surface area contributed by atoms with Crippen molar-refractivity contribution in [2.45, 2.75) is 18.4 Å². The number of pyridine rings is 1. The first kappa shape index (κ1) is 29.2. The summed E-state index contributed by atoms with van der Waals surface area (Å²) < 4.78 is 11.2. The van der Waals surface area contributed by atoms with Gasteiger partial charge in [0.2, 0.25) is 5.91 Å². The zero-order chi connectivity index (χ0) is 29.7. The molecule has 218 valence electrons. The zero-order valence-corrected chi connectivity index (χ0v) is 24.5. The fraction of sp³-hybridized carbons (Fsp3) is 0.323. The Bertz CT molecular complexity index is 1580. The van der Waals surface area contributed by atoms with Crippen molar-refractivity contribution in [1.29, 1.82) is 0 Å². The number of rotatable bonds is 8. The van der Waals surface area contributed by atoms with Gasteiger partial charge in [0.25, 0.3) is 5.91 Å². The van der Waals surface area contributed by atoms with Crippen LogP contribution in [0.25, 0.3) is 11.3 Å². The molecule has 4 heterocycles. The Balaban J connectivity index is 1.54. The van der Waals surface area contributed by atoms with E-state index >= 15 is 0 Å². The lowest BCUT2D eigenvalue weighted by Gasteiger charge is -2.22. The van der Waals surface area contributed by atoms with Crippen LogP contribution in [0.1, 0.15) is 28.0 Å². The van der Waals surface area contributed by atoms with Crippen molar-refractivity contribution < 1.29 is 19.1 Å². The number of nitrogens with zero attached hydrogens (tertiary/aromatic N) is 2. The van der Waals surface area contributed by atoms with E-state index in [1.54, 1.807) is 31.6 Å². The quantitative estimate of drug-likeness (QED) is 0.235. The maximum Gasteiger partial charge on any atom is 0.255 e. The average Bonchev–Trinajstić information content (AvgIpc) is 3.58. The lowest BCUT2D eigenvalue weighted by Crippen LogP contribution is -2.47. The molecule has 2 amide bonds. The predicted octanol–water partition coefficient (Wildman–Crippen LogP) is 3.51. The normalized spacial score (nSPS) is 17.9. The molecule has 2 aliphatic rings. The molecule has 42 heavy (non-hydrogen) atoms. The van der Waals surface area contributed by atoms with E-state index < -0.39 is 5.54 Å². The number of aromatic amines is 1. The summed E-state index contributed by atoms with van der Waals surface area (Å²) in [6, 6.07) is 7.23. The number of hydrogen-bond acceptors (Lipinski definition) is 7. The summed E-state index contributed by atoms with van der Waals surface area (Å²) in [7, 11) is 5.42. The van der Waals surface area contributed by atoms with Crippen molar-refractivity contribution in [1.82, 2.24) is 25.5 Å². The van der Waals surface area contributed by atoms with Crippen LogP contribution in [0.15, 0.2) is 48.8 Å². The van der Waals surface area contributed by atoms with Gasteiger partial charge >= 0.3 is 0 Å². The lowest BCUT2D eigenvalue weighted by atomic mass is 9.97. The smallest absolute Gasteiger partial charge is 0.255 e. The molecule has 0 unspecified atom stereocenters. The van der Waals surface area contributed by atoms with E-state index in [2.05, 4.69) is 37.8 Å². The summed E-state index contributed by atoms with van der Waals surface area (Å²) in [6.45, 7) is 1.95. The topological polar surface area (TPSA) is 121 Å². The van der Waals surface area contributed by atoms with Gasteiger partial charge in [0.15, 0.2) is 5.75 Å². The summed E-state index contributed by atoms with van der Waals surface area (Å²) >= 11 is 6.39. The molecule has 0 aliphatic carbocycles. The monoisotopic (exact) mass is 588 g/mol. The van der Waals surface area contributed by atoms with Gasteiger partial charge in [-0.2, -0.15) is 0 Å². The van der Waals surface area contributed by atoms with Gasteiger partial charge in [-0.3, -0.25) is 14.6 Å². The lowest BCUT2D eigenvalue weighted by molar-refractivity contribution is -0.117. The minimum atomic E-state index is -0.837.